The third kappa shape index (κ3) is 4.60. The Balaban J connectivity index is 1.19. The minimum atomic E-state index is 0.0796. The van der Waals surface area contributed by atoms with E-state index in [9.17, 15) is 4.79 Å². The summed E-state index contributed by atoms with van der Waals surface area (Å²) in [6, 6.07) is 16.7. The summed E-state index contributed by atoms with van der Waals surface area (Å²) in [5, 5.41) is 1.02. The molecule has 168 valence electrons. The van der Waals surface area contributed by atoms with Gasteiger partial charge < -0.3 is 14.5 Å². The highest BCUT2D eigenvalue weighted by Crippen LogP contribution is 2.34. The molecule has 6 heteroatoms. The number of nitrogens with zero attached hydrogens (tertiary/aromatic N) is 3. The molecule has 1 amide bonds. The van der Waals surface area contributed by atoms with Gasteiger partial charge in [-0.05, 0) is 61.8 Å². The number of rotatable bonds is 5. The molecule has 2 aromatic carbocycles. The molecule has 5 nitrogen and oxygen atoms in total. The van der Waals surface area contributed by atoms with Crippen LogP contribution in [0.5, 0.6) is 5.75 Å². The zero-order valence-electron chi connectivity index (χ0n) is 18.7. The highest BCUT2D eigenvalue weighted by atomic mass is 32.1. The SMILES string of the molecule is COc1ccc2nc(N3CCCC(C(=O)N4CCC(Cc5ccccc5)CC4)C3)sc2c1. The number of carbonyl (C=O) groups excluding carboxylic acids is 1. The first kappa shape index (κ1) is 21.3. The Labute approximate surface area is 194 Å². The second-order valence-corrected chi connectivity index (χ2v) is 10.1. The van der Waals surface area contributed by atoms with E-state index in [1.165, 1.54) is 5.56 Å². The van der Waals surface area contributed by atoms with Gasteiger partial charge >= 0.3 is 0 Å². The number of aromatic nitrogens is 1. The van der Waals surface area contributed by atoms with Gasteiger partial charge in [0.15, 0.2) is 5.13 Å². The molecule has 3 heterocycles. The third-order valence-corrected chi connectivity index (χ3v) is 8.00. The van der Waals surface area contributed by atoms with Crippen molar-refractivity contribution in [1.82, 2.24) is 9.88 Å². The number of piperidine rings is 2. The van der Waals surface area contributed by atoms with E-state index in [-0.39, 0.29) is 5.92 Å². The van der Waals surface area contributed by atoms with Gasteiger partial charge in [0.25, 0.3) is 0 Å². The van der Waals surface area contributed by atoms with Crippen molar-refractivity contribution < 1.29 is 9.53 Å². The molecule has 1 aromatic heterocycles. The summed E-state index contributed by atoms with van der Waals surface area (Å²) in [5.41, 5.74) is 2.41. The number of anilines is 1. The fourth-order valence-electron chi connectivity index (χ4n) is 5.07. The van der Waals surface area contributed by atoms with Crippen molar-refractivity contribution in [2.24, 2.45) is 11.8 Å². The molecule has 2 saturated heterocycles. The number of ether oxygens (including phenoxy) is 1. The third-order valence-electron chi connectivity index (χ3n) is 6.92. The number of benzene rings is 2. The van der Waals surface area contributed by atoms with Gasteiger partial charge in [0.05, 0.1) is 23.2 Å². The molecule has 2 aliphatic heterocycles. The Hall–Kier alpha value is -2.60. The molecule has 0 spiro atoms. The average Bonchev–Trinajstić information content (AvgIpc) is 3.28. The fraction of sp³-hybridized carbons (Fsp3) is 0.462. The zero-order chi connectivity index (χ0) is 21.9. The number of likely N-dealkylation sites (tertiary alicyclic amines) is 1. The number of hydrogen-bond donors (Lipinski definition) is 0. The van der Waals surface area contributed by atoms with Gasteiger partial charge in [-0.15, -0.1) is 0 Å². The van der Waals surface area contributed by atoms with Crippen LogP contribution in [-0.2, 0) is 11.2 Å². The molecule has 2 fully saturated rings. The predicted octanol–water partition coefficient (Wildman–Crippen LogP) is 5.00. The second-order valence-electron chi connectivity index (χ2n) is 9.07. The molecule has 0 N–H and O–H groups in total. The van der Waals surface area contributed by atoms with Crippen molar-refractivity contribution in [3.05, 3.63) is 54.1 Å². The molecule has 0 saturated carbocycles. The Bertz CT molecular complexity index is 1060. The van der Waals surface area contributed by atoms with Crippen LogP contribution in [0.1, 0.15) is 31.2 Å². The molecule has 3 aromatic rings. The normalized spacial score (nSPS) is 20.0. The summed E-state index contributed by atoms with van der Waals surface area (Å²) in [6.45, 7) is 3.54. The molecule has 1 unspecified atom stereocenters. The first-order chi connectivity index (χ1) is 15.7. The van der Waals surface area contributed by atoms with Gasteiger partial charge in [0.2, 0.25) is 5.91 Å². The smallest absolute Gasteiger partial charge is 0.227 e. The van der Waals surface area contributed by atoms with Gasteiger partial charge in [-0.2, -0.15) is 0 Å². The van der Waals surface area contributed by atoms with Gasteiger partial charge in [-0.1, -0.05) is 41.7 Å². The van der Waals surface area contributed by atoms with Crippen LogP contribution >= 0.6 is 11.3 Å². The van der Waals surface area contributed by atoms with Crippen molar-refractivity contribution in [2.75, 3.05) is 38.2 Å². The molecule has 1 atom stereocenters. The summed E-state index contributed by atoms with van der Waals surface area (Å²) in [5.74, 6) is 1.96. The number of hydrogen-bond acceptors (Lipinski definition) is 5. The van der Waals surface area contributed by atoms with E-state index in [4.69, 9.17) is 9.72 Å². The minimum absolute atomic E-state index is 0.0796. The standard InChI is InChI=1S/C26H31N3O2S/c1-31-22-9-10-23-24(17-22)32-26(27-23)29-13-5-8-21(18-29)25(30)28-14-11-20(12-15-28)16-19-6-3-2-4-7-19/h2-4,6-7,9-10,17,20-21H,5,8,11-16,18H2,1H3. The lowest BCUT2D eigenvalue weighted by Gasteiger charge is -2.38. The number of carbonyl (C=O) groups is 1. The van der Waals surface area contributed by atoms with Gasteiger partial charge in [-0.3, -0.25) is 4.79 Å². The van der Waals surface area contributed by atoms with E-state index in [0.29, 0.717) is 11.8 Å². The summed E-state index contributed by atoms with van der Waals surface area (Å²) in [6.07, 6.45) is 5.37. The van der Waals surface area contributed by atoms with Crippen LogP contribution in [0.4, 0.5) is 5.13 Å². The maximum Gasteiger partial charge on any atom is 0.227 e. The molecule has 0 aliphatic carbocycles. The van der Waals surface area contributed by atoms with Gasteiger partial charge in [-0.25, -0.2) is 4.98 Å². The van der Waals surface area contributed by atoms with E-state index in [0.717, 1.165) is 79.4 Å². The van der Waals surface area contributed by atoms with E-state index in [1.807, 2.05) is 18.2 Å². The lowest BCUT2D eigenvalue weighted by molar-refractivity contribution is -0.137. The van der Waals surface area contributed by atoms with Crippen LogP contribution in [0.3, 0.4) is 0 Å². The molecule has 32 heavy (non-hydrogen) atoms. The Morgan fingerprint density at radius 2 is 1.91 bits per heavy atom. The van der Waals surface area contributed by atoms with Crippen molar-refractivity contribution in [1.29, 1.82) is 0 Å². The van der Waals surface area contributed by atoms with Crippen LogP contribution in [0.15, 0.2) is 48.5 Å². The summed E-state index contributed by atoms with van der Waals surface area (Å²) < 4.78 is 6.48. The monoisotopic (exact) mass is 449 g/mol. The molecule has 0 radical (unpaired) electrons. The van der Waals surface area contributed by atoms with Crippen LogP contribution in [0.2, 0.25) is 0 Å². The maximum atomic E-state index is 13.3. The number of methoxy groups -OCH3 is 1. The van der Waals surface area contributed by atoms with E-state index < -0.39 is 0 Å². The molecular formula is C26H31N3O2S. The van der Waals surface area contributed by atoms with Crippen molar-refractivity contribution >= 4 is 32.6 Å². The Kier molecular flexibility index (Phi) is 6.30. The van der Waals surface area contributed by atoms with E-state index in [2.05, 4.69) is 40.1 Å². The second kappa shape index (κ2) is 9.49. The fourth-order valence-corrected chi connectivity index (χ4v) is 6.10. The highest BCUT2D eigenvalue weighted by Gasteiger charge is 2.32. The first-order valence-electron chi connectivity index (χ1n) is 11.7. The molecule has 0 bridgehead atoms. The Morgan fingerprint density at radius 3 is 2.69 bits per heavy atom. The van der Waals surface area contributed by atoms with Crippen molar-refractivity contribution in [2.45, 2.75) is 32.1 Å². The lowest BCUT2D eigenvalue weighted by atomic mass is 9.89. The minimum Gasteiger partial charge on any atom is -0.497 e. The van der Waals surface area contributed by atoms with E-state index in [1.54, 1.807) is 18.4 Å². The molecule has 2 aliphatic rings. The number of thiazole rings is 1. The van der Waals surface area contributed by atoms with E-state index >= 15 is 0 Å². The maximum absolute atomic E-state index is 13.3. The van der Waals surface area contributed by atoms with Crippen LogP contribution < -0.4 is 9.64 Å². The summed E-state index contributed by atoms with van der Waals surface area (Å²) in [7, 11) is 1.69. The predicted molar refractivity (Wildman–Crippen MR) is 131 cm³/mol. The van der Waals surface area contributed by atoms with Crippen LogP contribution in [0.25, 0.3) is 10.2 Å². The summed E-state index contributed by atoms with van der Waals surface area (Å²) >= 11 is 1.69. The van der Waals surface area contributed by atoms with Crippen LogP contribution in [-0.4, -0.2) is 49.1 Å². The largest absolute Gasteiger partial charge is 0.497 e. The number of fused-ring (bicyclic) bond motifs is 1. The number of amides is 1. The Morgan fingerprint density at radius 1 is 1.09 bits per heavy atom. The van der Waals surface area contributed by atoms with Gasteiger partial charge in [0.1, 0.15) is 5.75 Å². The topological polar surface area (TPSA) is 45.7 Å². The van der Waals surface area contributed by atoms with Crippen molar-refractivity contribution in [3.8, 4) is 5.75 Å². The summed E-state index contributed by atoms with van der Waals surface area (Å²) in [4.78, 5) is 22.6. The quantitative estimate of drug-likeness (QED) is 0.550. The molecule has 5 rings (SSSR count). The van der Waals surface area contributed by atoms with Gasteiger partial charge in [0, 0.05) is 26.2 Å². The lowest BCUT2D eigenvalue weighted by Crippen LogP contribution is -2.47. The van der Waals surface area contributed by atoms with Crippen LogP contribution in [0, 0.1) is 11.8 Å². The zero-order valence-corrected chi connectivity index (χ0v) is 19.5. The first-order valence-corrected chi connectivity index (χ1v) is 12.5. The molecular weight excluding hydrogens is 418 g/mol. The van der Waals surface area contributed by atoms with Crippen molar-refractivity contribution in [3.63, 3.8) is 0 Å². The average molecular weight is 450 g/mol. The highest BCUT2D eigenvalue weighted by molar-refractivity contribution is 7.22.